The number of nitro groups is 1. The van der Waals surface area contributed by atoms with Gasteiger partial charge in [-0.2, -0.15) is 5.26 Å². The van der Waals surface area contributed by atoms with Crippen LogP contribution in [0.15, 0.2) is 10.9 Å². The van der Waals surface area contributed by atoms with Crippen molar-refractivity contribution < 1.29 is 13.7 Å². The first-order chi connectivity index (χ1) is 7.47. The zero-order valence-corrected chi connectivity index (χ0v) is 7.74. The van der Waals surface area contributed by atoms with Gasteiger partial charge in [-0.1, -0.05) is 0 Å². The first-order valence-corrected chi connectivity index (χ1v) is 4.03. The van der Waals surface area contributed by atoms with Crippen molar-refractivity contribution in [3.8, 4) is 6.07 Å². The van der Waals surface area contributed by atoms with Crippen LogP contribution in [0.5, 0.6) is 0 Å². The summed E-state index contributed by atoms with van der Waals surface area (Å²) in [5.74, 6) is 0. The fourth-order valence-corrected chi connectivity index (χ4v) is 1.21. The lowest BCUT2D eigenvalue weighted by Crippen LogP contribution is -2.14. The van der Waals surface area contributed by atoms with Gasteiger partial charge in [0.1, 0.15) is 0 Å². The predicted octanol–water partition coefficient (Wildman–Crippen LogP) is 1.29. The van der Waals surface area contributed by atoms with Crippen LogP contribution in [0.3, 0.4) is 0 Å². The third kappa shape index (κ3) is 2.20. The molecule has 84 valence electrons. The molecule has 0 aliphatic heterocycles. The smallest absolute Gasteiger partial charge is 0.281 e. The maximum Gasteiger partial charge on any atom is 0.281 e. The van der Waals surface area contributed by atoms with Crippen LogP contribution in [0.1, 0.15) is 17.7 Å². The Morgan fingerprint density at radius 1 is 1.62 bits per heavy atom. The molecule has 0 aliphatic rings. The number of nitrogens with zero attached hydrogens (tertiary/aromatic N) is 2. The van der Waals surface area contributed by atoms with E-state index in [4.69, 9.17) is 5.26 Å². The highest BCUT2D eigenvalue weighted by atomic mass is 19.3. The number of rotatable bonds is 3. The molecule has 0 radical (unpaired) electrons. The van der Waals surface area contributed by atoms with E-state index in [2.05, 4.69) is 0 Å². The largest absolute Gasteiger partial charge is 0.320 e. The van der Waals surface area contributed by atoms with Crippen molar-refractivity contribution in [1.29, 1.82) is 5.26 Å². The number of pyridine rings is 1. The topological polar surface area (TPSA) is 99.8 Å². The number of halogens is 2. The van der Waals surface area contributed by atoms with Crippen molar-refractivity contribution in [3.05, 3.63) is 37.8 Å². The van der Waals surface area contributed by atoms with Crippen molar-refractivity contribution >= 4 is 5.69 Å². The van der Waals surface area contributed by atoms with E-state index in [1.54, 1.807) is 4.98 Å². The molecule has 0 bridgehead atoms. The Kier molecular flexibility index (Phi) is 3.30. The zero-order valence-electron chi connectivity index (χ0n) is 7.74. The van der Waals surface area contributed by atoms with Crippen LogP contribution < -0.4 is 5.56 Å². The van der Waals surface area contributed by atoms with Crippen molar-refractivity contribution in [1.82, 2.24) is 4.98 Å². The van der Waals surface area contributed by atoms with Crippen LogP contribution in [-0.4, -0.2) is 9.91 Å². The maximum atomic E-state index is 12.5. The van der Waals surface area contributed by atoms with Crippen molar-refractivity contribution in [3.63, 3.8) is 0 Å². The monoisotopic (exact) mass is 229 g/mol. The Bertz CT molecular complexity index is 518. The Hall–Kier alpha value is -2.30. The summed E-state index contributed by atoms with van der Waals surface area (Å²) in [5.41, 5.74) is -3.09. The quantitative estimate of drug-likeness (QED) is 0.623. The van der Waals surface area contributed by atoms with Crippen molar-refractivity contribution in [2.45, 2.75) is 12.8 Å². The second-order valence-electron chi connectivity index (χ2n) is 2.80. The molecule has 0 spiro atoms. The lowest BCUT2D eigenvalue weighted by atomic mass is 10.1. The van der Waals surface area contributed by atoms with Crippen LogP contribution in [0.25, 0.3) is 0 Å². The fraction of sp³-hybridized carbons (Fsp3) is 0.250. The number of alkyl halides is 2. The van der Waals surface area contributed by atoms with Crippen molar-refractivity contribution in [2.75, 3.05) is 0 Å². The SMILES string of the molecule is N#CCc1c([N+](=O)[O-])cc(=O)[nH]c1C(F)F. The van der Waals surface area contributed by atoms with Crippen LogP contribution >= 0.6 is 0 Å². The lowest BCUT2D eigenvalue weighted by Gasteiger charge is -2.05. The van der Waals surface area contributed by atoms with Gasteiger partial charge < -0.3 is 4.98 Å². The van der Waals surface area contributed by atoms with E-state index < -0.39 is 40.3 Å². The van der Waals surface area contributed by atoms with Gasteiger partial charge in [0, 0.05) is 0 Å². The number of hydrogen-bond donors (Lipinski definition) is 1. The summed E-state index contributed by atoms with van der Waals surface area (Å²) in [6.07, 6.45) is -3.64. The Balaban J connectivity index is 3.55. The van der Waals surface area contributed by atoms with E-state index in [0.29, 0.717) is 6.07 Å². The Morgan fingerprint density at radius 3 is 2.69 bits per heavy atom. The molecular weight excluding hydrogens is 224 g/mol. The van der Waals surface area contributed by atoms with Gasteiger partial charge >= 0.3 is 0 Å². The second-order valence-corrected chi connectivity index (χ2v) is 2.80. The van der Waals surface area contributed by atoms with Gasteiger partial charge in [0.05, 0.1) is 34.7 Å². The van der Waals surface area contributed by atoms with E-state index in [9.17, 15) is 23.7 Å². The molecule has 1 heterocycles. The van der Waals surface area contributed by atoms with Crippen molar-refractivity contribution in [2.24, 2.45) is 0 Å². The first-order valence-electron chi connectivity index (χ1n) is 4.03. The summed E-state index contributed by atoms with van der Waals surface area (Å²) < 4.78 is 24.9. The molecule has 1 aromatic heterocycles. The van der Waals surface area contributed by atoms with Gasteiger partial charge in [-0.05, 0) is 0 Å². The summed E-state index contributed by atoms with van der Waals surface area (Å²) in [4.78, 5) is 22.3. The van der Waals surface area contributed by atoms with Gasteiger partial charge in [-0.25, -0.2) is 8.78 Å². The molecule has 0 aromatic carbocycles. The number of nitriles is 1. The maximum absolute atomic E-state index is 12.5. The molecule has 0 amide bonds. The van der Waals surface area contributed by atoms with E-state index >= 15 is 0 Å². The minimum atomic E-state index is -3.07. The molecule has 0 saturated heterocycles. The minimum absolute atomic E-state index is 0.456. The molecular formula is C8H5F2N3O3. The standard InChI is InChI=1S/C8H5F2N3O3/c9-8(10)7-4(1-2-11)5(13(15)16)3-6(14)12-7/h3,8H,1H2,(H,12,14). The average molecular weight is 229 g/mol. The zero-order chi connectivity index (χ0) is 12.3. The van der Waals surface area contributed by atoms with Gasteiger partial charge in [-0.3, -0.25) is 14.9 Å². The normalized spacial score (nSPS) is 10.1. The summed E-state index contributed by atoms with van der Waals surface area (Å²) >= 11 is 0. The lowest BCUT2D eigenvalue weighted by molar-refractivity contribution is -0.385. The summed E-state index contributed by atoms with van der Waals surface area (Å²) in [6, 6.07) is 2.12. The molecule has 0 saturated carbocycles. The minimum Gasteiger partial charge on any atom is -0.320 e. The Morgan fingerprint density at radius 2 is 2.25 bits per heavy atom. The summed E-state index contributed by atoms with van der Waals surface area (Å²) in [6.45, 7) is 0. The van der Waals surface area contributed by atoms with Gasteiger partial charge in [-0.15, -0.1) is 0 Å². The molecule has 0 aliphatic carbocycles. The Labute approximate surface area is 87.3 Å². The predicted molar refractivity (Wildman–Crippen MR) is 48.0 cm³/mol. The third-order valence-electron chi connectivity index (χ3n) is 1.83. The number of aromatic nitrogens is 1. The molecule has 6 nitrogen and oxygen atoms in total. The molecule has 16 heavy (non-hydrogen) atoms. The first kappa shape index (κ1) is 11.8. The highest BCUT2D eigenvalue weighted by Gasteiger charge is 2.24. The van der Waals surface area contributed by atoms with Crippen LogP contribution in [0, 0.1) is 21.4 Å². The number of hydrogen-bond acceptors (Lipinski definition) is 4. The van der Waals surface area contributed by atoms with Gasteiger partial charge in [0.2, 0.25) is 0 Å². The highest BCUT2D eigenvalue weighted by molar-refractivity contribution is 5.44. The third-order valence-corrected chi connectivity index (χ3v) is 1.83. The van der Waals surface area contributed by atoms with Crippen LogP contribution in [0.2, 0.25) is 0 Å². The van der Waals surface area contributed by atoms with Crippen LogP contribution in [-0.2, 0) is 6.42 Å². The van der Waals surface area contributed by atoms with E-state index in [1.807, 2.05) is 0 Å². The molecule has 0 atom stereocenters. The number of H-pyrrole nitrogens is 1. The second kappa shape index (κ2) is 4.48. The summed E-state index contributed by atoms with van der Waals surface area (Å²) in [7, 11) is 0. The van der Waals surface area contributed by atoms with Crippen LogP contribution in [0.4, 0.5) is 14.5 Å². The van der Waals surface area contributed by atoms with Gasteiger partial charge in [0.25, 0.3) is 17.7 Å². The number of nitrogens with one attached hydrogen (secondary N) is 1. The van der Waals surface area contributed by atoms with E-state index in [-0.39, 0.29) is 0 Å². The molecule has 1 aromatic rings. The summed E-state index contributed by atoms with van der Waals surface area (Å²) in [5, 5.41) is 18.9. The molecule has 0 fully saturated rings. The average Bonchev–Trinajstić information content (AvgIpc) is 2.19. The molecule has 0 unspecified atom stereocenters. The van der Waals surface area contributed by atoms with E-state index in [1.165, 1.54) is 6.07 Å². The molecule has 8 heteroatoms. The number of aromatic amines is 1. The van der Waals surface area contributed by atoms with Gasteiger partial charge in [0.15, 0.2) is 0 Å². The molecule has 1 rings (SSSR count). The fourth-order valence-electron chi connectivity index (χ4n) is 1.21. The highest BCUT2D eigenvalue weighted by Crippen LogP contribution is 2.26. The van der Waals surface area contributed by atoms with E-state index in [0.717, 1.165) is 0 Å². The molecule has 1 N–H and O–H groups in total.